The fraction of sp³-hybridized carbons (Fsp3) is 0.500. The lowest BCUT2D eigenvalue weighted by Crippen LogP contribution is -2.42. The minimum absolute atomic E-state index is 0.213. The Bertz CT molecular complexity index is 1390. The van der Waals surface area contributed by atoms with Crippen LogP contribution in [-0.2, 0) is 4.79 Å². The summed E-state index contributed by atoms with van der Waals surface area (Å²) in [5.74, 6) is 0.909. The van der Waals surface area contributed by atoms with Crippen LogP contribution in [0.3, 0.4) is 0 Å². The summed E-state index contributed by atoms with van der Waals surface area (Å²) in [4.78, 5) is 26.8. The number of aromatic nitrogens is 6. The summed E-state index contributed by atoms with van der Waals surface area (Å²) >= 11 is 1.74. The van der Waals surface area contributed by atoms with E-state index in [4.69, 9.17) is 10.1 Å². The van der Waals surface area contributed by atoms with Crippen LogP contribution in [0.4, 0.5) is 0 Å². The molecule has 190 valence electrons. The van der Waals surface area contributed by atoms with Crippen molar-refractivity contribution in [3.8, 4) is 22.0 Å². The lowest BCUT2D eigenvalue weighted by molar-refractivity contribution is -0.132. The predicted molar refractivity (Wildman–Crippen MR) is 142 cm³/mol. The number of likely N-dealkylation sites (N-methyl/N-ethyl adjacent to an activating group) is 1. The highest BCUT2D eigenvalue weighted by molar-refractivity contribution is 7.15. The third-order valence-corrected chi connectivity index (χ3v) is 8.38. The quantitative estimate of drug-likeness (QED) is 0.420. The van der Waals surface area contributed by atoms with Crippen LogP contribution in [0.5, 0.6) is 0 Å². The molecule has 1 N–H and O–H groups in total. The number of carbonyl (C=O) groups is 1. The minimum Gasteiger partial charge on any atom is -0.342 e. The summed E-state index contributed by atoms with van der Waals surface area (Å²) in [6.07, 6.45) is 7.58. The summed E-state index contributed by atoms with van der Waals surface area (Å²) in [5.41, 5.74) is 7.30. The van der Waals surface area contributed by atoms with Gasteiger partial charge in [-0.3, -0.25) is 9.89 Å². The number of aromatic amines is 1. The molecule has 1 aliphatic heterocycles. The van der Waals surface area contributed by atoms with Gasteiger partial charge in [0.25, 0.3) is 0 Å². The molecule has 0 atom stereocenters. The molecule has 10 heteroatoms. The average Bonchev–Trinajstić information content (AvgIpc) is 3.60. The fourth-order valence-electron chi connectivity index (χ4n) is 5.10. The normalized spacial score (nSPS) is 15.1. The summed E-state index contributed by atoms with van der Waals surface area (Å²) in [7, 11) is 3.87. The van der Waals surface area contributed by atoms with Crippen LogP contribution in [0, 0.1) is 13.8 Å². The Hall–Kier alpha value is -3.11. The summed E-state index contributed by atoms with van der Waals surface area (Å²) in [5, 5.41) is 13.4. The number of carbonyl (C=O) groups excluding carboxylic acids is 1. The molecule has 0 spiro atoms. The van der Waals surface area contributed by atoms with Gasteiger partial charge < -0.3 is 9.80 Å². The van der Waals surface area contributed by atoms with Crippen molar-refractivity contribution in [1.82, 2.24) is 39.6 Å². The monoisotopic (exact) mass is 506 g/mol. The van der Waals surface area contributed by atoms with E-state index in [0.29, 0.717) is 12.5 Å². The molecule has 0 aromatic carbocycles. The molecular formula is C26H34N8OS. The van der Waals surface area contributed by atoms with Crippen LogP contribution < -0.4 is 0 Å². The Morgan fingerprint density at radius 3 is 2.64 bits per heavy atom. The standard InChI is InChI=1S/C26H34N8OS/c1-15(2)22-23(19-12-34-25(28-14-29-34)17(4)16(19)3)30-31-24(22)26-27-11-20(36-26)18-7-9-33(10-8-18)21(35)13-32(5)6/h11-12,14-15,18H,7-10,13H2,1-6H3,(H,30,31). The van der Waals surface area contributed by atoms with Crippen molar-refractivity contribution in [2.24, 2.45) is 0 Å². The SMILES string of the molecule is Cc1c(-c2n[nH]c(-c3ncc(C4CCN(C(=O)CN(C)C)CC4)s3)c2C(C)C)cn2ncnc2c1C. The first-order valence-corrected chi connectivity index (χ1v) is 13.3. The van der Waals surface area contributed by atoms with Crippen LogP contribution >= 0.6 is 11.3 Å². The van der Waals surface area contributed by atoms with Crippen molar-refractivity contribution in [3.63, 3.8) is 0 Å². The van der Waals surface area contributed by atoms with E-state index in [1.807, 2.05) is 40.8 Å². The Morgan fingerprint density at radius 2 is 1.94 bits per heavy atom. The van der Waals surface area contributed by atoms with Gasteiger partial charge in [0.15, 0.2) is 5.65 Å². The summed E-state index contributed by atoms with van der Waals surface area (Å²) in [6.45, 7) is 10.7. The van der Waals surface area contributed by atoms with E-state index in [2.05, 4.69) is 42.9 Å². The molecular weight excluding hydrogens is 472 g/mol. The van der Waals surface area contributed by atoms with E-state index < -0.39 is 0 Å². The zero-order chi connectivity index (χ0) is 25.6. The van der Waals surface area contributed by atoms with Gasteiger partial charge in [0.2, 0.25) is 5.91 Å². The van der Waals surface area contributed by atoms with Crippen molar-refractivity contribution in [2.45, 2.75) is 52.4 Å². The van der Waals surface area contributed by atoms with Gasteiger partial charge >= 0.3 is 0 Å². The van der Waals surface area contributed by atoms with Gasteiger partial charge in [-0.1, -0.05) is 13.8 Å². The predicted octanol–water partition coefficient (Wildman–Crippen LogP) is 4.25. The molecule has 0 radical (unpaired) electrons. The number of pyridine rings is 1. The number of hydrogen-bond acceptors (Lipinski definition) is 7. The number of fused-ring (bicyclic) bond motifs is 1. The summed E-state index contributed by atoms with van der Waals surface area (Å²) in [6, 6.07) is 0. The Balaban J connectivity index is 1.41. The number of aryl methyl sites for hydroxylation is 1. The molecule has 1 fully saturated rings. The van der Waals surface area contributed by atoms with Gasteiger partial charge in [-0.25, -0.2) is 14.5 Å². The lowest BCUT2D eigenvalue weighted by Gasteiger charge is -2.32. The molecule has 1 saturated heterocycles. The molecule has 1 amide bonds. The van der Waals surface area contributed by atoms with E-state index >= 15 is 0 Å². The largest absolute Gasteiger partial charge is 0.342 e. The first kappa shape index (κ1) is 24.6. The second kappa shape index (κ2) is 9.74. The smallest absolute Gasteiger partial charge is 0.236 e. The van der Waals surface area contributed by atoms with Gasteiger partial charge in [0.1, 0.15) is 11.3 Å². The van der Waals surface area contributed by atoms with Crippen LogP contribution in [0.2, 0.25) is 0 Å². The zero-order valence-corrected chi connectivity index (χ0v) is 22.7. The third kappa shape index (κ3) is 4.43. The molecule has 0 bridgehead atoms. The third-order valence-electron chi connectivity index (χ3n) is 7.20. The number of piperidine rings is 1. The Labute approximate surface area is 215 Å². The maximum absolute atomic E-state index is 12.4. The van der Waals surface area contributed by atoms with Crippen molar-refractivity contribution in [3.05, 3.63) is 40.3 Å². The molecule has 4 aromatic rings. The number of nitrogens with one attached hydrogen (secondary N) is 1. The number of hydrogen-bond donors (Lipinski definition) is 1. The van der Waals surface area contributed by atoms with Crippen LogP contribution in [0.25, 0.3) is 27.6 Å². The maximum atomic E-state index is 12.4. The van der Waals surface area contributed by atoms with Gasteiger partial charge in [0, 0.05) is 41.5 Å². The molecule has 0 aliphatic carbocycles. The molecule has 36 heavy (non-hydrogen) atoms. The van der Waals surface area contributed by atoms with E-state index in [1.54, 1.807) is 17.7 Å². The van der Waals surface area contributed by atoms with E-state index in [9.17, 15) is 4.79 Å². The molecule has 9 nitrogen and oxygen atoms in total. The second-order valence-corrected chi connectivity index (χ2v) is 11.4. The Kier molecular flexibility index (Phi) is 6.65. The van der Waals surface area contributed by atoms with Crippen LogP contribution in [-0.4, -0.2) is 79.2 Å². The molecule has 4 aromatic heterocycles. The van der Waals surface area contributed by atoms with Gasteiger partial charge in [-0.05, 0) is 63.7 Å². The van der Waals surface area contributed by atoms with Gasteiger partial charge in [0.05, 0.1) is 17.9 Å². The molecule has 5 rings (SSSR count). The highest BCUT2D eigenvalue weighted by Crippen LogP contribution is 2.41. The van der Waals surface area contributed by atoms with E-state index in [-0.39, 0.29) is 11.8 Å². The van der Waals surface area contributed by atoms with Gasteiger partial charge in [-0.15, -0.1) is 11.3 Å². The zero-order valence-electron chi connectivity index (χ0n) is 21.9. The topological polar surface area (TPSA) is 95.3 Å². The van der Waals surface area contributed by atoms with Crippen molar-refractivity contribution >= 4 is 22.9 Å². The van der Waals surface area contributed by atoms with Crippen LogP contribution in [0.15, 0.2) is 18.7 Å². The molecule has 0 saturated carbocycles. The molecule has 1 aliphatic rings. The summed E-state index contributed by atoms with van der Waals surface area (Å²) < 4.78 is 1.83. The Morgan fingerprint density at radius 1 is 1.19 bits per heavy atom. The number of amides is 1. The second-order valence-electron chi connectivity index (χ2n) is 10.3. The van der Waals surface area contributed by atoms with E-state index in [1.165, 1.54) is 10.4 Å². The molecule has 0 unspecified atom stereocenters. The first-order valence-electron chi connectivity index (χ1n) is 12.5. The fourth-order valence-corrected chi connectivity index (χ4v) is 6.19. The highest BCUT2D eigenvalue weighted by atomic mass is 32.1. The number of nitrogens with zero attached hydrogens (tertiary/aromatic N) is 7. The average molecular weight is 507 g/mol. The van der Waals surface area contributed by atoms with Crippen molar-refractivity contribution in [1.29, 1.82) is 0 Å². The number of H-pyrrole nitrogens is 1. The molecule has 5 heterocycles. The first-order chi connectivity index (χ1) is 17.2. The lowest BCUT2D eigenvalue weighted by atomic mass is 9.94. The number of thiazole rings is 1. The minimum atomic E-state index is 0.213. The van der Waals surface area contributed by atoms with Crippen molar-refractivity contribution in [2.75, 3.05) is 33.7 Å². The maximum Gasteiger partial charge on any atom is 0.236 e. The van der Waals surface area contributed by atoms with Gasteiger partial charge in [-0.2, -0.15) is 10.2 Å². The van der Waals surface area contributed by atoms with Crippen LogP contribution in [0.1, 0.15) is 60.1 Å². The highest BCUT2D eigenvalue weighted by Gasteiger charge is 2.27. The van der Waals surface area contributed by atoms with E-state index in [0.717, 1.165) is 64.7 Å². The van der Waals surface area contributed by atoms with Crippen molar-refractivity contribution < 1.29 is 4.79 Å². The number of rotatable bonds is 6. The number of likely N-dealkylation sites (tertiary alicyclic amines) is 1.